The Labute approximate surface area is 194 Å². The molecule has 0 aromatic heterocycles. The second-order valence-electron chi connectivity index (χ2n) is 7.79. The van der Waals surface area contributed by atoms with E-state index in [1.165, 1.54) is 16.7 Å². The van der Waals surface area contributed by atoms with Crippen molar-refractivity contribution < 1.29 is 33.8 Å². The molecule has 0 aromatic rings. The highest BCUT2D eigenvalue weighted by Crippen LogP contribution is 2.22. The standard InChI is InChI=1S/C22H38N2O7S/c1-5-8-9-12-18(22(29)31-7-3)32-14-16(21(28)30-6-2)23-15(4)19(25)24-13-10-11-17(24)20(26)27/h15-18,23H,5-14H2,1-4H3,(H,26,27)/t15-,16+,17+,18-/m1/s1. The van der Waals surface area contributed by atoms with Crippen LogP contribution in [0.1, 0.15) is 66.2 Å². The van der Waals surface area contributed by atoms with Crippen molar-refractivity contribution in [2.75, 3.05) is 25.5 Å². The maximum Gasteiger partial charge on any atom is 0.326 e. The van der Waals surface area contributed by atoms with Crippen LogP contribution >= 0.6 is 11.8 Å². The van der Waals surface area contributed by atoms with Gasteiger partial charge in [-0.1, -0.05) is 26.2 Å². The van der Waals surface area contributed by atoms with E-state index in [9.17, 15) is 24.3 Å². The van der Waals surface area contributed by atoms with Gasteiger partial charge in [0, 0.05) is 12.3 Å². The number of aliphatic carboxylic acids is 1. The van der Waals surface area contributed by atoms with Crippen LogP contribution in [0.5, 0.6) is 0 Å². The van der Waals surface area contributed by atoms with E-state index < -0.39 is 35.3 Å². The van der Waals surface area contributed by atoms with E-state index in [0.717, 1.165) is 19.3 Å². The molecule has 1 amide bonds. The fourth-order valence-electron chi connectivity index (χ4n) is 3.63. The van der Waals surface area contributed by atoms with E-state index >= 15 is 0 Å². The van der Waals surface area contributed by atoms with Crippen molar-refractivity contribution in [1.82, 2.24) is 10.2 Å². The van der Waals surface area contributed by atoms with E-state index in [1.807, 2.05) is 0 Å². The number of rotatable bonds is 15. The van der Waals surface area contributed by atoms with Gasteiger partial charge in [0.25, 0.3) is 0 Å². The van der Waals surface area contributed by atoms with Crippen LogP contribution in [0.15, 0.2) is 0 Å². The molecule has 0 radical (unpaired) electrons. The molecule has 32 heavy (non-hydrogen) atoms. The van der Waals surface area contributed by atoms with Crippen LogP contribution in [0.25, 0.3) is 0 Å². The lowest BCUT2D eigenvalue weighted by Crippen LogP contribution is -2.54. The molecule has 1 aliphatic heterocycles. The zero-order chi connectivity index (χ0) is 24.1. The predicted molar refractivity (Wildman–Crippen MR) is 122 cm³/mol. The fourth-order valence-corrected chi connectivity index (χ4v) is 4.83. The number of carboxylic acids is 1. The smallest absolute Gasteiger partial charge is 0.326 e. The first kappa shape index (κ1) is 28.2. The Morgan fingerprint density at radius 3 is 2.34 bits per heavy atom. The van der Waals surface area contributed by atoms with Gasteiger partial charge in [-0.2, -0.15) is 0 Å². The molecule has 2 N–H and O–H groups in total. The largest absolute Gasteiger partial charge is 0.480 e. The van der Waals surface area contributed by atoms with Gasteiger partial charge in [-0.15, -0.1) is 11.8 Å². The number of hydrogen-bond acceptors (Lipinski definition) is 8. The first-order chi connectivity index (χ1) is 15.3. The highest BCUT2D eigenvalue weighted by molar-refractivity contribution is 8.00. The summed E-state index contributed by atoms with van der Waals surface area (Å²) >= 11 is 1.32. The number of hydrogen-bond donors (Lipinski definition) is 2. The minimum Gasteiger partial charge on any atom is -0.480 e. The van der Waals surface area contributed by atoms with Crippen molar-refractivity contribution >= 4 is 35.6 Å². The molecule has 1 fully saturated rings. The molecule has 9 nitrogen and oxygen atoms in total. The Balaban J connectivity index is 2.83. The first-order valence-corrected chi connectivity index (χ1v) is 12.6. The van der Waals surface area contributed by atoms with Crippen molar-refractivity contribution in [2.24, 2.45) is 0 Å². The minimum absolute atomic E-state index is 0.190. The molecule has 0 saturated carbocycles. The number of thioether (sulfide) groups is 1. The SMILES string of the molecule is CCCCC[C@@H](SC[C@H](N[C@H](C)C(=O)N1CCC[C@H]1C(=O)O)C(=O)OCC)C(=O)OCC. The molecule has 1 aliphatic rings. The van der Waals surface area contributed by atoms with Crippen molar-refractivity contribution in [3.8, 4) is 0 Å². The Bertz CT molecular complexity index is 631. The number of unbranched alkanes of at least 4 members (excludes halogenated alkanes) is 2. The lowest BCUT2D eigenvalue weighted by molar-refractivity contribution is -0.150. The van der Waals surface area contributed by atoms with E-state index in [2.05, 4.69) is 12.2 Å². The molecule has 10 heteroatoms. The third kappa shape index (κ3) is 8.97. The summed E-state index contributed by atoms with van der Waals surface area (Å²) in [6.45, 7) is 8.00. The molecule has 0 bridgehead atoms. The number of carboxylic acid groups (broad SMARTS) is 1. The number of ether oxygens (including phenoxy) is 2. The molecular formula is C22H38N2O7S. The van der Waals surface area contributed by atoms with Gasteiger partial charge in [-0.05, 0) is 40.0 Å². The van der Waals surface area contributed by atoms with Crippen LogP contribution in [0.3, 0.4) is 0 Å². The summed E-state index contributed by atoms with van der Waals surface area (Å²) < 4.78 is 10.3. The summed E-state index contributed by atoms with van der Waals surface area (Å²) in [5, 5.41) is 11.9. The Kier molecular flexibility index (Phi) is 13.3. The number of nitrogens with zero attached hydrogens (tertiary/aromatic N) is 1. The van der Waals surface area contributed by atoms with Gasteiger partial charge in [0.15, 0.2) is 0 Å². The average Bonchev–Trinajstić information content (AvgIpc) is 3.25. The molecule has 184 valence electrons. The lowest BCUT2D eigenvalue weighted by Gasteiger charge is -2.28. The highest BCUT2D eigenvalue weighted by atomic mass is 32.2. The van der Waals surface area contributed by atoms with Crippen LogP contribution in [-0.2, 0) is 28.7 Å². The molecule has 0 aliphatic carbocycles. The maximum absolute atomic E-state index is 12.8. The average molecular weight is 475 g/mol. The molecule has 4 atom stereocenters. The monoisotopic (exact) mass is 474 g/mol. The summed E-state index contributed by atoms with van der Waals surface area (Å²) in [6, 6.07) is -2.42. The van der Waals surface area contributed by atoms with E-state index in [-0.39, 0.29) is 30.8 Å². The Morgan fingerprint density at radius 2 is 1.75 bits per heavy atom. The normalized spacial score (nSPS) is 18.6. The minimum atomic E-state index is -1.02. The molecule has 1 rings (SSSR count). The van der Waals surface area contributed by atoms with Crippen molar-refractivity contribution in [2.45, 2.75) is 89.6 Å². The van der Waals surface area contributed by atoms with Crippen molar-refractivity contribution in [3.05, 3.63) is 0 Å². The second kappa shape index (κ2) is 15.1. The van der Waals surface area contributed by atoms with Crippen LogP contribution in [0.2, 0.25) is 0 Å². The molecule has 0 spiro atoms. The van der Waals surface area contributed by atoms with Crippen LogP contribution in [-0.4, -0.2) is 82.7 Å². The molecule has 0 unspecified atom stereocenters. The quantitative estimate of drug-likeness (QED) is 0.272. The van der Waals surface area contributed by atoms with Gasteiger partial charge in [-0.25, -0.2) is 4.79 Å². The van der Waals surface area contributed by atoms with Crippen molar-refractivity contribution in [3.63, 3.8) is 0 Å². The fraction of sp³-hybridized carbons (Fsp3) is 0.818. The molecule has 0 aromatic carbocycles. The zero-order valence-electron chi connectivity index (χ0n) is 19.6. The predicted octanol–water partition coefficient (Wildman–Crippen LogP) is 2.22. The van der Waals surface area contributed by atoms with Crippen LogP contribution in [0.4, 0.5) is 0 Å². The van der Waals surface area contributed by atoms with E-state index in [4.69, 9.17) is 9.47 Å². The molecular weight excluding hydrogens is 436 g/mol. The molecule has 1 saturated heterocycles. The Hall–Kier alpha value is -1.81. The summed E-state index contributed by atoms with van der Waals surface area (Å²) in [5.41, 5.74) is 0. The van der Waals surface area contributed by atoms with Gasteiger partial charge >= 0.3 is 17.9 Å². The number of nitrogens with one attached hydrogen (secondary N) is 1. The maximum atomic E-state index is 12.8. The number of carbonyl (C=O) groups is 4. The summed E-state index contributed by atoms with van der Waals surface area (Å²) in [5.74, 6) is -1.97. The lowest BCUT2D eigenvalue weighted by atomic mass is 10.1. The van der Waals surface area contributed by atoms with Gasteiger partial charge < -0.3 is 19.5 Å². The Morgan fingerprint density at radius 1 is 1.09 bits per heavy atom. The summed E-state index contributed by atoms with van der Waals surface area (Å²) in [6.07, 6.45) is 4.61. The molecule has 1 heterocycles. The summed E-state index contributed by atoms with van der Waals surface area (Å²) in [4.78, 5) is 50.5. The highest BCUT2D eigenvalue weighted by Gasteiger charge is 2.37. The van der Waals surface area contributed by atoms with Gasteiger partial charge in [0.2, 0.25) is 5.91 Å². The number of amides is 1. The van der Waals surface area contributed by atoms with E-state index in [0.29, 0.717) is 25.8 Å². The second-order valence-corrected chi connectivity index (χ2v) is 9.03. The van der Waals surface area contributed by atoms with Crippen LogP contribution < -0.4 is 5.32 Å². The summed E-state index contributed by atoms with van der Waals surface area (Å²) in [7, 11) is 0. The third-order valence-corrected chi connectivity index (χ3v) is 6.65. The number of likely N-dealkylation sites (tertiary alicyclic amines) is 1. The van der Waals surface area contributed by atoms with Gasteiger partial charge in [0.1, 0.15) is 17.3 Å². The van der Waals surface area contributed by atoms with Gasteiger partial charge in [-0.3, -0.25) is 19.7 Å². The third-order valence-electron chi connectivity index (χ3n) is 5.30. The van der Waals surface area contributed by atoms with Crippen LogP contribution in [0, 0.1) is 0 Å². The number of esters is 2. The van der Waals surface area contributed by atoms with E-state index in [1.54, 1.807) is 20.8 Å². The number of carbonyl (C=O) groups excluding carboxylic acids is 3. The zero-order valence-corrected chi connectivity index (χ0v) is 20.4. The topological polar surface area (TPSA) is 122 Å². The van der Waals surface area contributed by atoms with Crippen molar-refractivity contribution in [1.29, 1.82) is 0 Å². The first-order valence-electron chi connectivity index (χ1n) is 11.5. The van der Waals surface area contributed by atoms with Gasteiger partial charge in [0.05, 0.1) is 19.3 Å².